The number of imidazole rings is 1. The van der Waals surface area contributed by atoms with Gasteiger partial charge in [0.1, 0.15) is 11.5 Å². The van der Waals surface area contributed by atoms with Crippen molar-refractivity contribution in [1.82, 2.24) is 19.5 Å². The van der Waals surface area contributed by atoms with E-state index in [4.69, 9.17) is 32.8 Å². The lowest BCUT2D eigenvalue weighted by Crippen LogP contribution is -2.00. The highest BCUT2D eigenvalue weighted by atomic mass is 35.5. The van der Waals surface area contributed by atoms with E-state index >= 15 is 0 Å². The van der Waals surface area contributed by atoms with E-state index in [0.717, 1.165) is 11.6 Å². The predicted octanol–water partition coefficient (Wildman–Crippen LogP) is 5.85. The molecule has 10 heteroatoms. The number of benzene rings is 1. The van der Waals surface area contributed by atoms with Crippen molar-refractivity contribution >= 4 is 34.8 Å². The summed E-state index contributed by atoms with van der Waals surface area (Å²) in [7, 11) is 0. The highest BCUT2D eigenvalue weighted by Crippen LogP contribution is 2.31. The molecule has 1 N–H and O–H groups in total. The number of rotatable bonds is 5. The Labute approximate surface area is 187 Å². The van der Waals surface area contributed by atoms with Gasteiger partial charge in [0, 0.05) is 24.4 Å². The first-order valence-electron chi connectivity index (χ1n) is 9.51. The van der Waals surface area contributed by atoms with Crippen LogP contribution in [0.1, 0.15) is 31.4 Å². The maximum atomic E-state index is 14.3. The molecule has 0 aliphatic heterocycles. The molecule has 0 aliphatic rings. The second-order valence-electron chi connectivity index (χ2n) is 6.46. The van der Waals surface area contributed by atoms with Crippen LogP contribution in [0.5, 0.6) is 0 Å². The number of carbonyl (C=O) groups is 1. The number of carboxylic acids is 1. The summed E-state index contributed by atoms with van der Waals surface area (Å²) in [6.45, 7) is 5.91. The second kappa shape index (κ2) is 9.45. The Kier molecular flexibility index (Phi) is 6.92. The predicted molar refractivity (Wildman–Crippen MR) is 116 cm³/mol. The van der Waals surface area contributed by atoms with E-state index in [0.29, 0.717) is 16.4 Å². The maximum absolute atomic E-state index is 14.3. The molecule has 0 spiro atoms. The lowest BCUT2D eigenvalue weighted by molar-refractivity contribution is -0.136. The molecule has 1 aromatic carbocycles. The van der Waals surface area contributed by atoms with Gasteiger partial charge in [-0.1, -0.05) is 42.2 Å². The zero-order chi connectivity index (χ0) is 22.7. The topological polar surface area (TPSA) is 93.5 Å². The molecule has 0 radical (unpaired) electrons. The molecule has 3 heterocycles. The molecule has 0 atom stereocenters. The molecule has 162 valence electrons. The van der Waals surface area contributed by atoms with Gasteiger partial charge in [0.25, 0.3) is 5.89 Å². The minimum atomic E-state index is -1.02. The number of carboxylic acid groups (broad SMARTS) is 1. The Morgan fingerprint density at radius 2 is 1.90 bits per heavy atom. The summed E-state index contributed by atoms with van der Waals surface area (Å²) in [4.78, 5) is 19.4. The molecule has 0 unspecified atom stereocenters. The fourth-order valence-electron chi connectivity index (χ4n) is 2.92. The molecular weight excluding hydrogens is 446 g/mol. The van der Waals surface area contributed by atoms with E-state index in [1.807, 2.05) is 27.0 Å². The van der Waals surface area contributed by atoms with Gasteiger partial charge in [-0.3, -0.25) is 4.79 Å². The van der Waals surface area contributed by atoms with Crippen LogP contribution in [0.25, 0.3) is 28.6 Å². The Balaban J connectivity index is 0.00000132. The standard InChI is InChI=1S/C19H13Cl2FN4O3.C2H6/c1-9-4-13(21)18-23-15(8-26(18)7-9)19-24-17(25-29-19)11-6-14(22)10(5-12(11)20)2-3-16(27)28;1-2/h4-8H,2-3H2,1H3,(H,27,28);1-2H3. The minimum Gasteiger partial charge on any atom is -0.481 e. The first kappa shape index (κ1) is 22.7. The molecule has 0 saturated carbocycles. The molecule has 7 nitrogen and oxygen atoms in total. The Morgan fingerprint density at radius 1 is 1.16 bits per heavy atom. The van der Waals surface area contributed by atoms with Gasteiger partial charge in [-0.25, -0.2) is 9.37 Å². The number of fused-ring (bicyclic) bond motifs is 1. The van der Waals surface area contributed by atoms with Crippen LogP contribution in [0.15, 0.2) is 35.1 Å². The summed E-state index contributed by atoms with van der Waals surface area (Å²) < 4.78 is 21.4. The lowest BCUT2D eigenvalue weighted by atomic mass is 10.1. The van der Waals surface area contributed by atoms with E-state index in [1.54, 1.807) is 16.7 Å². The molecule has 0 saturated heterocycles. The van der Waals surface area contributed by atoms with Gasteiger partial charge in [0.2, 0.25) is 5.82 Å². The van der Waals surface area contributed by atoms with Crippen LogP contribution in [-0.2, 0) is 11.2 Å². The van der Waals surface area contributed by atoms with Gasteiger partial charge >= 0.3 is 5.97 Å². The summed E-state index contributed by atoms with van der Waals surface area (Å²) in [5, 5.41) is 13.3. The highest BCUT2D eigenvalue weighted by molar-refractivity contribution is 6.33. The summed E-state index contributed by atoms with van der Waals surface area (Å²) in [6.07, 6.45) is 3.38. The normalized spacial score (nSPS) is 10.8. The molecule has 3 aromatic heterocycles. The van der Waals surface area contributed by atoms with Crippen molar-refractivity contribution < 1.29 is 18.8 Å². The van der Waals surface area contributed by atoms with Crippen LogP contribution < -0.4 is 0 Å². The van der Waals surface area contributed by atoms with Crippen molar-refractivity contribution in [1.29, 1.82) is 0 Å². The summed E-state index contributed by atoms with van der Waals surface area (Å²) in [5.74, 6) is -1.39. The van der Waals surface area contributed by atoms with Gasteiger partial charge in [0.05, 0.1) is 10.0 Å². The summed E-state index contributed by atoms with van der Waals surface area (Å²) in [5.41, 5.74) is 2.35. The molecule has 4 rings (SSSR count). The Morgan fingerprint density at radius 3 is 2.61 bits per heavy atom. The van der Waals surface area contributed by atoms with Crippen molar-refractivity contribution in [3.63, 3.8) is 0 Å². The monoisotopic (exact) mass is 464 g/mol. The SMILES string of the molecule is CC.Cc1cc(Cl)c2nc(-c3nc(-c4cc(F)c(CCC(=O)O)cc4Cl)no3)cn2c1. The first-order valence-corrected chi connectivity index (χ1v) is 10.3. The molecule has 31 heavy (non-hydrogen) atoms. The number of halogens is 3. The van der Waals surface area contributed by atoms with Crippen molar-refractivity contribution in [2.24, 2.45) is 0 Å². The summed E-state index contributed by atoms with van der Waals surface area (Å²) in [6, 6.07) is 4.33. The van der Waals surface area contributed by atoms with Crippen molar-refractivity contribution in [3.8, 4) is 23.0 Å². The fraction of sp³-hybridized carbons (Fsp3) is 0.238. The number of pyridine rings is 1. The second-order valence-corrected chi connectivity index (χ2v) is 7.28. The minimum absolute atomic E-state index is 0.0279. The zero-order valence-electron chi connectivity index (χ0n) is 17.0. The number of aromatic nitrogens is 4. The van der Waals surface area contributed by atoms with E-state index in [9.17, 15) is 9.18 Å². The van der Waals surface area contributed by atoms with Gasteiger partial charge in [-0.2, -0.15) is 4.98 Å². The van der Waals surface area contributed by atoms with E-state index in [2.05, 4.69) is 15.1 Å². The van der Waals surface area contributed by atoms with E-state index in [1.165, 1.54) is 6.07 Å². The van der Waals surface area contributed by atoms with Crippen LogP contribution in [0.2, 0.25) is 10.0 Å². The summed E-state index contributed by atoms with van der Waals surface area (Å²) >= 11 is 12.5. The van der Waals surface area contributed by atoms with Crippen molar-refractivity contribution in [3.05, 3.63) is 57.6 Å². The average molecular weight is 465 g/mol. The zero-order valence-corrected chi connectivity index (χ0v) is 18.5. The number of aliphatic carboxylic acids is 1. The van der Waals surface area contributed by atoms with Crippen LogP contribution in [0.4, 0.5) is 4.39 Å². The molecular formula is C21H19Cl2FN4O3. The molecule has 4 aromatic rings. The molecule has 0 amide bonds. The third-order valence-corrected chi connectivity index (χ3v) is 4.86. The quantitative estimate of drug-likeness (QED) is 0.398. The Bertz CT molecular complexity index is 1250. The maximum Gasteiger partial charge on any atom is 0.303 e. The first-order chi connectivity index (χ1) is 14.8. The number of aryl methyl sites for hydroxylation is 2. The van der Waals surface area contributed by atoms with Crippen LogP contribution in [-0.4, -0.2) is 30.6 Å². The van der Waals surface area contributed by atoms with E-state index < -0.39 is 11.8 Å². The van der Waals surface area contributed by atoms with Crippen LogP contribution >= 0.6 is 23.2 Å². The highest BCUT2D eigenvalue weighted by Gasteiger charge is 2.19. The van der Waals surface area contributed by atoms with Gasteiger partial charge in [0.15, 0.2) is 5.65 Å². The number of hydrogen-bond acceptors (Lipinski definition) is 5. The van der Waals surface area contributed by atoms with Gasteiger partial charge < -0.3 is 14.0 Å². The van der Waals surface area contributed by atoms with Gasteiger partial charge in [-0.05, 0) is 42.7 Å². The Hall–Kier alpha value is -2.97. The van der Waals surface area contributed by atoms with Crippen molar-refractivity contribution in [2.75, 3.05) is 0 Å². The fourth-order valence-corrected chi connectivity index (χ4v) is 3.51. The van der Waals surface area contributed by atoms with Crippen LogP contribution in [0.3, 0.4) is 0 Å². The number of hydrogen-bond donors (Lipinski definition) is 1. The number of nitrogens with zero attached hydrogens (tertiary/aromatic N) is 4. The average Bonchev–Trinajstić information content (AvgIpc) is 3.37. The molecule has 0 aliphatic carbocycles. The van der Waals surface area contributed by atoms with Gasteiger partial charge in [-0.15, -0.1) is 0 Å². The molecule has 0 bridgehead atoms. The smallest absolute Gasteiger partial charge is 0.303 e. The molecule has 0 fully saturated rings. The van der Waals surface area contributed by atoms with E-state index in [-0.39, 0.29) is 40.7 Å². The van der Waals surface area contributed by atoms with Crippen LogP contribution in [0, 0.1) is 12.7 Å². The largest absolute Gasteiger partial charge is 0.481 e. The van der Waals surface area contributed by atoms with Crippen molar-refractivity contribution in [2.45, 2.75) is 33.6 Å². The third-order valence-electron chi connectivity index (χ3n) is 4.27. The third kappa shape index (κ3) is 4.86. The lowest BCUT2D eigenvalue weighted by Gasteiger charge is -2.05.